The van der Waals surface area contributed by atoms with Crippen LogP contribution in [-0.4, -0.2) is 5.91 Å². The molecule has 3 rings (SSSR count). The molecule has 1 heterocycles. The van der Waals surface area contributed by atoms with E-state index in [2.05, 4.69) is 5.32 Å². The maximum atomic E-state index is 12.4. The van der Waals surface area contributed by atoms with Crippen molar-refractivity contribution in [3.05, 3.63) is 80.5 Å². The smallest absolute Gasteiger partial charge is 0.265 e. The lowest BCUT2D eigenvalue weighted by molar-refractivity contribution is 0.103. The molecule has 0 saturated heterocycles. The first-order chi connectivity index (χ1) is 12.0. The molecule has 0 aliphatic heterocycles. The van der Waals surface area contributed by atoms with Gasteiger partial charge in [-0.2, -0.15) is 0 Å². The lowest BCUT2D eigenvalue weighted by Crippen LogP contribution is -2.11. The van der Waals surface area contributed by atoms with E-state index in [0.29, 0.717) is 16.5 Å². The third kappa shape index (κ3) is 4.62. The fourth-order valence-corrected chi connectivity index (χ4v) is 3.24. The van der Waals surface area contributed by atoms with Gasteiger partial charge in [0.05, 0.1) is 4.88 Å². The Morgan fingerprint density at radius 3 is 2.64 bits per heavy atom. The van der Waals surface area contributed by atoms with Crippen LogP contribution in [0.4, 0.5) is 5.69 Å². The molecule has 128 valence electrons. The number of halogens is 1. The van der Waals surface area contributed by atoms with Gasteiger partial charge in [-0.3, -0.25) is 4.79 Å². The van der Waals surface area contributed by atoms with Gasteiger partial charge in [0, 0.05) is 16.3 Å². The van der Waals surface area contributed by atoms with Crippen molar-refractivity contribution in [2.24, 2.45) is 0 Å². The molecule has 0 aliphatic rings. The Hall–Kier alpha value is -2.30. The molecule has 1 N–H and O–H groups in total. The van der Waals surface area contributed by atoms with Crippen molar-refractivity contribution in [2.45, 2.75) is 20.5 Å². The van der Waals surface area contributed by atoms with E-state index in [4.69, 9.17) is 16.3 Å². The summed E-state index contributed by atoms with van der Waals surface area (Å²) in [6.07, 6.45) is 0. The number of carbonyl (C=O) groups is 1. The molecule has 0 spiro atoms. The molecular weight excluding hydrogens is 354 g/mol. The second-order valence-corrected chi connectivity index (χ2v) is 7.18. The van der Waals surface area contributed by atoms with Crippen molar-refractivity contribution in [2.75, 3.05) is 5.32 Å². The molecule has 0 atom stereocenters. The number of nitrogens with one attached hydrogen (secondary N) is 1. The summed E-state index contributed by atoms with van der Waals surface area (Å²) in [6, 6.07) is 15.1. The number of thiophene rings is 1. The highest BCUT2D eigenvalue weighted by Crippen LogP contribution is 2.22. The largest absolute Gasteiger partial charge is 0.489 e. The first-order valence-electron chi connectivity index (χ1n) is 7.85. The van der Waals surface area contributed by atoms with Gasteiger partial charge in [-0.05, 0) is 66.8 Å². The molecule has 5 heteroatoms. The predicted octanol–water partition coefficient (Wildman–Crippen LogP) is 5.85. The van der Waals surface area contributed by atoms with Crippen LogP contribution in [0.5, 0.6) is 5.75 Å². The summed E-state index contributed by atoms with van der Waals surface area (Å²) >= 11 is 7.27. The monoisotopic (exact) mass is 371 g/mol. The van der Waals surface area contributed by atoms with Gasteiger partial charge in [0.25, 0.3) is 5.91 Å². The number of amides is 1. The number of rotatable bonds is 5. The van der Waals surface area contributed by atoms with Gasteiger partial charge in [0.1, 0.15) is 12.4 Å². The van der Waals surface area contributed by atoms with Crippen LogP contribution in [0.3, 0.4) is 0 Å². The van der Waals surface area contributed by atoms with E-state index >= 15 is 0 Å². The fourth-order valence-electron chi connectivity index (χ4n) is 2.32. The van der Waals surface area contributed by atoms with Crippen molar-refractivity contribution >= 4 is 34.5 Å². The number of anilines is 1. The summed E-state index contributed by atoms with van der Waals surface area (Å²) in [7, 11) is 0. The fraction of sp³-hybridized carbons (Fsp3) is 0.150. The highest BCUT2D eigenvalue weighted by atomic mass is 35.5. The Bertz CT molecular complexity index is 887. The number of benzene rings is 2. The topological polar surface area (TPSA) is 38.3 Å². The van der Waals surface area contributed by atoms with Crippen molar-refractivity contribution < 1.29 is 9.53 Å². The van der Waals surface area contributed by atoms with Crippen molar-refractivity contribution in [1.82, 2.24) is 0 Å². The molecule has 1 aromatic heterocycles. The maximum absolute atomic E-state index is 12.4. The zero-order valence-corrected chi connectivity index (χ0v) is 15.6. The zero-order chi connectivity index (χ0) is 17.8. The Morgan fingerprint density at radius 1 is 1.12 bits per heavy atom. The molecule has 0 unspecified atom stereocenters. The molecule has 2 aromatic carbocycles. The summed E-state index contributed by atoms with van der Waals surface area (Å²) in [5, 5.41) is 5.59. The van der Waals surface area contributed by atoms with Gasteiger partial charge in [0.15, 0.2) is 0 Å². The first-order valence-corrected chi connectivity index (χ1v) is 9.11. The first kappa shape index (κ1) is 17.5. The minimum absolute atomic E-state index is 0.101. The second kappa shape index (κ2) is 7.72. The van der Waals surface area contributed by atoms with Crippen LogP contribution in [0.25, 0.3) is 0 Å². The molecule has 25 heavy (non-hydrogen) atoms. The van der Waals surface area contributed by atoms with Gasteiger partial charge < -0.3 is 10.1 Å². The summed E-state index contributed by atoms with van der Waals surface area (Å²) in [4.78, 5) is 13.1. The molecule has 3 nitrogen and oxygen atoms in total. The number of aryl methyl sites for hydroxylation is 2. The Labute approximate surface area is 156 Å². The lowest BCUT2D eigenvalue weighted by Gasteiger charge is -2.08. The standard InChI is InChI=1S/C20H18ClNO2S/c1-13-3-4-14(2)18(9-13)22-20(23)19-10-15(12-25-19)11-24-17-7-5-16(21)6-8-17/h3-10,12H,11H2,1-2H3,(H,22,23). The number of hydrogen-bond donors (Lipinski definition) is 1. The average Bonchev–Trinajstić information content (AvgIpc) is 3.07. The highest BCUT2D eigenvalue weighted by Gasteiger charge is 2.11. The Morgan fingerprint density at radius 2 is 1.88 bits per heavy atom. The van der Waals surface area contributed by atoms with Crippen LogP contribution >= 0.6 is 22.9 Å². The minimum Gasteiger partial charge on any atom is -0.489 e. The summed E-state index contributed by atoms with van der Waals surface area (Å²) in [5.74, 6) is 0.647. The quantitative estimate of drug-likeness (QED) is 0.610. The van der Waals surface area contributed by atoms with Gasteiger partial charge >= 0.3 is 0 Å². The molecule has 1 amide bonds. The van der Waals surface area contributed by atoms with Crippen molar-refractivity contribution in [3.63, 3.8) is 0 Å². The van der Waals surface area contributed by atoms with Crippen LogP contribution in [0.15, 0.2) is 53.9 Å². The third-order valence-corrected chi connectivity index (χ3v) is 4.97. The molecular formula is C20H18ClNO2S. The van der Waals surface area contributed by atoms with Gasteiger partial charge in [-0.15, -0.1) is 11.3 Å². The normalized spacial score (nSPS) is 10.5. The summed E-state index contributed by atoms with van der Waals surface area (Å²) in [6.45, 7) is 4.40. The molecule has 0 aliphatic carbocycles. The molecule has 0 bridgehead atoms. The highest BCUT2D eigenvalue weighted by molar-refractivity contribution is 7.12. The van der Waals surface area contributed by atoms with Crippen LogP contribution in [0.2, 0.25) is 5.02 Å². The van der Waals surface area contributed by atoms with E-state index in [-0.39, 0.29) is 5.91 Å². The van der Waals surface area contributed by atoms with Crippen LogP contribution in [0.1, 0.15) is 26.4 Å². The average molecular weight is 372 g/mol. The molecule has 0 saturated carbocycles. The van der Waals surface area contributed by atoms with Gasteiger partial charge in [-0.25, -0.2) is 0 Å². The van der Waals surface area contributed by atoms with E-state index in [9.17, 15) is 4.79 Å². The lowest BCUT2D eigenvalue weighted by atomic mass is 10.1. The molecule has 0 radical (unpaired) electrons. The predicted molar refractivity (Wildman–Crippen MR) is 104 cm³/mol. The number of ether oxygens (including phenoxy) is 1. The molecule has 3 aromatic rings. The van der Waals surface area contributed by atoms with E-state index in [1.165, 1.54) is 11.3 Å². The maximum Gasteiger partial charge on any atom is 0.265 e. The van der Waals surface area contributed by atoms with Crippen LogP contribution in [0, 0.1) is 13.8 Å². The zero-order valence-electron chi connectivity index (χ0n) is 14.0. The van der Waals surface area contributed by atoms with Crippen LogP contribution < -0.4 is 10.1 Å². The second-order valence-electron chi connectivity index (χ2n) is 5.83. The summed E-state index contributed by atoms with van der Waals surface area (Å²) in [5.41, 5.74) is 3.97. The van der Waals surface area contributed by atoms with E-state index in [0.717, 1.165) is 28.1 Å². The van der Waals surface area contributed by atoms with Gasteiger partial charge in [0.2, 0.25) is 0 Å². The van der Waals surface area contributed by atoms with Crippen LogP contribution in [-0.2, 0) is 6.61 Å². The van der Waals surface area contributed by atoms with Gasteiger partial charge in [-0.1, -0.05) is 23.7 Å². The SMILES string of the molecule is Cc1ccc(C)c(NC(=O)c2cc(COc3ccc(Cl)cc3)cs2)c1. The van der Waals surface area contributed by atoms with E-state index < -0.39 is 0 Å². The van der Waals surface area contributed by atoms with E-state index in [1.807, 2.05) is 55.6 Å². The summed E-state index contributed by atoms with van der Waals surface area (Å²) < 4.78 is 5.71. The van der Waals surface area contributed by atoms with Crippen molar-refractivity contribution in [1.29, 1.82) is 0 Å². The van der Waals surface area contributed by atoms with Crippen molar-refractivity contribution in [3.8, 4) is 5.75 Å². The Kier molecular flexibility index (Phi) is 5.41. The Balaban J connectivity index is 1.63. The van der Waals surface area contributed by atoms with E-state index in [1.54, 1.807) is 12.1 Å². The number of hydrogen-bond acceptors (Lipinski definition) is 3. The molecule has 0 fully saturated rings. The third-order valence-electron chi connectivity index (χ3n) is 3.74. The number of carbonyl (C=O) groups excluding carboxylic acids is 1. The minimum atomic E-state index is -0.101.